The third-order valence-electron chi connectivity index (χ3n) is 9.10. The van der Waals surface area contributed by atoms with E-state index in [0.717, 1.165) is 81.5 Å². The van der Waals surface area contributed by atoms with Crippen LogP contribution in [0.25, 0.3) is 0 Å². The minimum absolute atomic E-state index is 0.365. The van der Waals surface area contributed by atoms with Gasteiger partial charge in [-0.3, -0.25) is 4.79 Å². The van der Waals surface area contributed by atoms with Crippen molar-refractivity contribution < 1.29 is 24.1 Å². The molecule has 7 heteroatoms. The molecule has 2 saturated heterocycles. The lowest BCUT2D eigenvalue weighted by molar-refractivity contribution is -0.978. The summed E-state index contributed by atoms with van der Waals surface area (Å²) in [4.78, 5) is 18.5. The summed E-state index contributed by atoms with van der Waals surface area (Å²) < 4.78 is 11.2. The van der Waals surface area contributed by atoms with Crippen LogP contribution < -0.4 is 19.3 Å². The molecule has 0 saturated carbocycles. The van der Waals surface area contributed by atoms with Crippen molar-refractivity contribution in [1.82, 2.24) is 4.90 Å². The van der Waals surface area contributed by atoms with Gasteiger partial charge in [-0.05, 0) is 55.5 Å². The highest BCUT2D eigenvalue weighted by Gasteiger charge is 2.40. The van der Waals surface area contributed by atoms with Crippen molar-refractivity contribution in [1.29, 1.82) is 0 Å². The number of amides is 1. The topological polar surface area (TPSA) is 47.7 Å². The number of halogens is 1. The Kier molecular flexibility index (Phi) is 9.13. The number of fused-ring (bicyclic) bond motifs is 1. The second-order valence-corrected chi connectivity index (χ2v) is 11.9. The van der Waals surface area contributed by atoms with Gasteiger partial charge < -0.3 is 24.2 Å². The minimum Gasteiger partial charge on any atom is -0.493 e. The van der Waals surface area contributed by atoms with E-state index in [2.05, 4.69) is 29.2 Å². The second kappa shape index (κ2) is 12.7. The number of piperidine rings is 2. The molecule has 206 valence electrons. The predicted octanol–water partition coefficient (Wildman–Crippen LogP) is 2.56. The maximum Gasteiger partial charge on any atom is 0.222 e. The maximum atomic E-state index is 13.1. The number of carbonyl (C=O) groups excluding carboxylic acids is 1. The van der Waals surface area contributed by atoms with Crippen molar-refractivity contribution in [3.05, 3.63) is 58.1 Å². The summed E-state index contributed by atoms with van der Waals surface area (Å²) in [6.07, 6.45) is 7.50. The number of nitrogens with zero attached hydrogens (tertiary/aromatic N) is 1. The van der Waals surface area contributed by atoms with Gasteiger partial charge in [0.1, 0.15) is 19.1 Å². The summed E-state index contributed by atoms with van der Waals surface area (Å²) in [5, 5.41) is 0.791. The molecule has 38 heavy (non-hydrogen) atoms. The number of nitrogens with one attached hydrogen (secondary N) is 2. The van der Waals surface area contributed by atoms with Crippen molar-refractivity contribution in [2.24, 2.45) is 5.92 Å². The van der Waals surface area contributed by atoms with Crippen LogP contribution in [-0.2, 0) is 24.3 Å². The van der Waals surface area contributed by atoms with Gasteiger partial charge in [0.25, 0.3) is 0 Å². The zero-order valence-electron chi connectivity index (χ0n) is 23.1. The normalized spacial score (nSPS) is 25.5. The number of benzene rings is 2. The van der Waals surface area contributed by atoms with E-state index in [1.807, 2.05) is 12.1 Å². The molecule has 6 nitrogen and oxygen atoms in total. The molecule has 2 aromatic carbocycles. The van der Waals surface area contributed by atoms with Gasteiger partial charge in [-0.2, -0.15) is 0 Å². The molecule has 0 spiro atoms. The van der Waals surface area contributed by atoms with Gasteiger partial charge in [0, 0.05) is 48.5 Å². The number of hydrogen-bond donors (Lipinski definition) is 2. The predicted molar refractivity (Wildman–Crippen MR) is 150 cm³/mol. The van der Waals surface area contributed by atoms with Crippen molar-refractivity contribution >= 4 is 17.5 Å². The minimum atomic E-state index is 0.365. The Morgan fingerprint density at radius 1 is 1.00 bits per heavy atom. The third kappa shape index (κ3) is 6.47. The fraction of sp³-hybridized carbons (Fsp3) is 0.581. The molecular formula is C31H44ClN3O3+2. The number of carbonyl (C=O) groups is 1. The first-order valence-corrected chi connectivity index (χ1v) is 14.9. The summed E-state index contributed by atoms with van der Waals surface area (Å²) in [5.41, 5.74) is 4.10. The van der Waals surface area contributed by atoms with Gasteiger partial charge >= 0.3 is 0 Å². The molecule has 4 atom stereocenters. The first kappa shape index (κ1) is 27.3. The molecule has 0 aromatic heterocycles. The van der Waals surface area contributed by atoms with Gasteiger partial charge in [0.15, 0.2) is 11.5 Å². The molecule has 3 heterocycles. The Balaban J connectivity index is 1.29. The van der Waals surface area contributed by atoms with E-state index in [-0.39, 0.29) is 0 Å². The first-order valence-electron chi connectivity index (χ1n) is 14.5. The molecule has 3 aliphatic heterocycles. The van der Waals surface area contributed by atoms with Crippen LogP contribution in [0.5, 0.6) is 11.5 Å². The lowest BCUT2D eigenvalue weighted by Gasteiger charge is -2.41. The molecule has 5 rings (SSSR count). The molecular weight excluding hydrogens is 498 g/mol. The molecule has 1 amide bonds. The van der Waals surface area contributed by atoms with Crippen LogP contribution in [0.1, 0.15) is 55.2 Å². The Bertz CT molecular complexity index is 1090. The monoisotopic (exact) mass is 541 g/mol. The number of ether oxygens (including phenoxy) is 2. The molecule has 0 aliphatic carbocycles. The SMILES string of the molecule is COc1cc2c(cc1OC)C[NH+](C1CC[NH+](Cc3ccc(Cl)cc3)CC1CCC(=O)N1CCCCC1)CC2. The highest BCUT2D eigenvalue weighted by molar-refractivity contribution is 6.30. The van der Waals surface area contributed by atoms with E-state index < -0.39 is 0 Å². The van der Waals surface area contributed by atoms with Crippen LogP contribution in [0.3, 0.4) is 0 Å². The van der Waals surface area contributed by atoms with Crippen molar-refractivity contribution in [2.45, 2.75) is 64.1 Å². The highest BCUT2D eigenvalue weighted by Crippen LogP contribution is 2.31. The van der Waals surface area contributed by atoms with Crippen molar-refractivity contribution in [3.63, 3.8) is 0 Å². The summed E-state index contributed by atoms with van der Waals surface area (Å²) in [7, 11) is 3.42. The fourth-order valence-electron chi connectivity index (χ4n) is 7.02. The van der Waals surface area contributed by atoms with Gasteiger partial charge in [0.05, 0.1) is 39.8 Å². The Morgan fingerprint density at radius 3 is 2.42 bits per heavy atom. The number of likely N-dealkylation sites (tertiary alicyclic amines) is 2. The summed E-state index contributed by atoms with van der Waals surface area (Å²) in [6.45, 7) is 7.37. The summed E-state index contributed by atoms with van der Waals surface area (Å²) in [5.74, 6) is 2.54. The average Bonchev–Trinajstić information content (AvgIpc) is 2.96. The zero-order valence-corrected chi connectivity index (χ0v) is 23.8. The molecule has 3 aliphatic rings. The molecule has 2 aromatic rings. The Labute approximate surface area is 232 Å². The molecule has 0 radical (unpaired) electrons. The molecule has 4 unspecified atom stereocenters. The molecule has 0 bridgehead atoms. The standard InChI is InChI=1S/C31H42ClN3O3/c1-37-29-18-24-12-17-35(22-26(24)19-30(29)38-2)28-13-16-33(20-23-6-9-27(32)10-7-23)21-25(28)8-11-31(36)34-14-4-3-5-15-34/h6-7,9-10,18-19,25,28H,3-5,8,11-17,20-22H2,1-2H3/p+2. The largest absolute Gasteiger partial charge is 0.493 e. The molecule has 2 N–H and O–H groups in total. The van der Waals surface area contributed by atoms with E-state index in [1.54, 1.807) is 24.0 Å². The smallest absolute Gasteiger partial charge is 0.222 e. The average molecular weight is 542 g/mol. The highest BCUT2D eigenvalue weighted by atomic mass is 35.5. The summed E-state index contributed by atoms with van der Waals surface area (Å²) >= 11 is 6.13. The lowest BCUT2D eigenvalue weighted by Crippen LogP contribution is -3.21. The fourth-order valence-corrected chi connectivity index (χ4v) is 7.14. The van der Waals surface area contributed by atoms with Crippen LogP contribution in [-0.4, -0.2) is 63.8 Å². The Hall–Kier alpha value is -2.28. The van der Waals surface area contributed by atoms with Gasteiger partial charge in [-0.25, -0.2) is 0 Å². The van der Waals surface area contributed by atoms with Crippen LogP contribution in [0.15, 0.2) is 36.4 Å². The van der Waals surface area contributed by atoms with Crippen LogP contribution in [0.4, 0.5) is 0 Å². The van der Waals surface area contributed by atoms with E-state index in [4.69, 9.17) is 21.1 Å². The van der Waals surface area contributed by atoms with E-state index in [1.165, 1.54) is 36.1 Å². The molecule has 2 fully saturated rings. The summed E-state index contributed by atoms with van der Waals surface area (Å²) in [6, 6.07) is 13.2. The van der Waals surface area contributed by atoms with Crippen molar-refractivity contribution in [2.75, 3.05) is 46.9 Å². The van der Waals surface area contributed by atoms with Gasteiger partial charge in [0.2, 0.25) is 5.91 Å². The number of methoxy groups -OCH3 is 2. The van der Waals surface area contributed by atoms with E-state index in [9.17, 15) is 4.79 Å². The van der Waals surface area contributed by atoms with Crippen molar-refractivity contribution in [3.8, 4) is 11.5 Å². The number of hydrogen-bond acceptors (Lipinski definition) is 3. The van der Waals surface area contributed by atoms with Gasteiger partial charge in [-0.1, -0.05) is 23.7 Å². The van der Waals surface area contributed by atoms with E-state index >= 15 is 0 Å². The van der Waals surface area contributed by atoms with Crippen LogP contribution in [0, 0.1) is 5.92 Å². The quantitative estimate of drug-likeness (QED) is 0.540. The third-order valence-corrected chi connectivity index (χ3v) is 9.35. The van der Waals surface area contributed by atoms with Crippen LogP contribution in [0.2, 0.25) is 5.02 Å². The Morgan fingerprint density at radius 2 is 1.71 bits per heavy atom. The zero-order chi connectivity index (χ0) is 26.5. The maximum absolute atomic E-state index is 13.1. The lowest BCUT2D eigenvalue weighted by atomic mass is 9.85. The second-order valence-electron chi connectivity index (χ2n) is 11.5. The number of rotatable bonds is 8. The number of quaternary nitrogens is 2. The van der Waals surface area contributed by atoms with E-state index in [0.29, 0.717) is 24.3 Å². The van der Waals surface area contributed by atoms with Gasteiger partial charge in [-0.15, -0.1) is 0 Å². The first-order chi connectivity index (χ1) is 18.5. The van der Waals surface area contributed by atoms with Crippen LogP contribution >= 0.6 is 11.6 Å².